The van der Waals surface area contributed by atoms with E-state index in [1.807, 2.05) is 17.0 Å². The molecule has 218 valence electrons. The molecule has 2 fully saturated rings. The van der Waals surface area contributed by atoms with E-state index in [1.54, 1.807) is 0 Å². The zero-order chi connectivity index (χ0) is 28.8. The number of nitrogens with two attached hydrogens (primary N) is 1. The first-order valence-electron chi connectivity index (χ1n) is 14.4. The molecule has 41 heavy (non-hydrogen) atoms. The summed E-state index contributed by atoms with van der Waals surface area (Å²) >= 11 is 6.35. The maximum atomic E-state index is 14.3. The summed E-state index contributed by atoms with van der Waals surface area (Å²) < 4.78 is 19.6. The topological polar surface area (TPSA) is 74.9 Å². The Hall–Kier alpha value is -3.04. The predicted octanol–water partition coefficient (Wildman–Crippen LogP) is 4.48. The Labute approximate surface area is 247 Å². The fourth-order valence-electron chi connectivity index (χ4n) is 6.02. The molecule has 2 aliphatic heterocycles. The van der Waals surface area contributed by atoms with E-state index in [9.17, 15) is 9.18 Å². The largest absolute Gasteiger partial charge is 0.495 e. The molecule has 0 spiro atoms. The minimum absolute atomic E-state index is 0.0298. The van der Waals surface area contributed by atoms with Crippen molar-refractivity contribution in [1.82, 2.24) is 19.7 Å². The van der Waals surface area contributed by atoms with E-state index in [2.05, 4.69) is 51.2 Å². The number of rotatable bonds is 9. The van der Waals surface area contributed by atoms with Crippen LogP contribution in [0.5, 0.6) is 5.75 Å². The molecule has 9 heteroatoms. The van der Waals surface area contributed by atoms with Gasteiger partial charge in [0, 0.05) is 49.9 Å². The Morgan fingerprint density at radius 3 is 2.49 bits per heavy atom. The number of halogens is 2. The highest BCUT2D eigenvalue weighted by molar-refractivity contribution is 6.30. The van der Waals surface area contributed by atoms with E-state index < -0.39 is 6.04 Å². The summed E-state index contributed by atoms with van der Waals surface area (Å²) in [5.41, 5.74) is 10.7. The summed E-state index contributed by atoms with van der Waals surface area (Å²) in [6.45, 7) is 5.73. The van der Waals surface area contributed by atoms with Gasteiger partial charge in [0.15, 0.2) is 0 Å². The quantitative estimate of drug-likeness (QED) is 0.403. The molecule has 1 amide bonds. The fourth-order valence-corrected chi connectivity index (χ4v) is 6.21. The van der Waals surface area contributed by atoms with Crippen LogP contribution >= 0.6 is 11.6 Å². The van der Waals surface area contributed by atoms with Crippen LogP contribution in [0.25, 0.3) is 11.1 Å². The molecule has 0 unspecified atom stereocenters. The molecule has 0 saturated carbocycles. The number of amides is 1. The number of ether oxygens (including phenoxy) is 1. The number of methoxy groups -OCH3 is 1. The van der Waals surface area contributed by atoms with Crippen molar-refractivity contribution < 1.29 is 13.9 Å². The van der Waals surface area contributed by atoms with Gasteiger partial charge in [-0.3, -0.25) is 14.7 Å². The first kappa shape index (κ1) is 29.5. The van der Waals surface area contributed by atoms with E-state index in [-0.39, 0.29) is 17.6 Å². The lowest BCUT2D eigenvalue weighted by molar-refractivity contribution is -0.136. The van der Waals surface area contributed by atoms with Crippen LogP contribution in [0.15, 0.2) is 60.9 Å². The van der Waals surface area contributed by atoms with Crippen LogP contribution in [0.4, 0.5) is 4.39 Å². The SMILES string of the molecule is COc1cncc(F)c1CN1CCN(C(=O)[C@H](N)C2CCN(CCc3cc(Cl)ccc3-c3ccccc3)CC2)CC1. The summed E-state index contributed by atoms with van der Waals surface area (Å²) in [6.07, 6.45) is 5.48. The van der Waals surface area contributed by atoms with Crippen molar-refractivity contribution in [1.29, 1.82) is 0 Å². The summed E-state index contributed by atoms with van der Waals surface area (Å²) in [5.74, 6) is 0.279. The normalized spacial score (nSPS) is 17.9. The molecule has 3 heterocycles. The lowest BCUT2D eigenvalue weighted by Crippen LogP contribution is -2.55. The number of carbonyl (C=O) groups is 1. The van der Waals surface area contributed by atoms with Gasteiger partial charge in [-0.05, 0) is 67.1 Å². The molecule has 2 N–H and O–H groups in total. The Morgan fingerprint density at radius 1 is 1.05 bits per heavy atom. The predicted molar refractivity (Wildman–Crippen MR) is 160 cm³/mol. The molecule has 5 rings (SSSR count). The van der Waals surface area contributed by atoms with Crippen LogP contribution in [0.1, 0.15) is 24.0 Å². The molecule has 0 aliphatic carbocycles. The second kappa shape index (κ2) is 13.7. The standard InChI is InChI=1S/C32H39ClFN5O2/c1-41-30-21-36-20-29(34)28(30)22-38-15-17-39(18-16-38)32(40)31(35)24-9-12-37(13-10-24)14-11-25-19-26(33)7-8-27(25)23-5-3-2-4-6-23/h2-8,19-21,24,31H,9-18,22,35H2,1H3/t31-/m1/s1. The third-order valence-electron chi connectivity index (χ3n) is 8.53. The van der Waals surface area contributed by atoms with Crippen molar-refractivity contribution in [2.24, 2.45) is 11.7 Å². The first-order chi connectivity index (χ1) is 19.9. The molecule has 0 bridgehead atoms. The zero-order valence-electron chi connectivity index (χ0n) is 23.6. The van der Waals surface area contributed by atoms with Gasteiger partial charge in [-0.15, -0.1) is 0 Å². The van der Waals surface area contributed by atoms with E-state index >= 15 is 0 Å². The van der Waals surface area contributed by atoms with Crippen LogP contribution in [0.3, 0.4) is 0 Å². The van der Waals surface area contributed by atoms with Crippen molar-refractivity contribution >= 4 is 17.5 Å². The molecule has 2 saturated heterocycles. The second-order valence-corrected chi connectivity index (χ2v) is 11.5. The number of piperidine rings is 1. The number of nitrogens with zero attached hydrogens (tertiary/aromatic N) is 4. The number of benzene rings is 2. The van der Waals surface area contributed by atoms with Crippen molar-refractivity contribution in [2.75, 3.05) is 52.9 Å². The molecular weight excluding hydrogens is 541 g/mol. The zero-order valence-corrected chi connectivity index (χ0v) is 24.4. The third-order valence-corrected chi connectivity index (χ3v) is 8.76. The van der Waals surface area contributed by atoms with E-state index in [0.717, 1.165) is 43.9 Å². The third kappa shape index (κ3) is 7.25. The number of aromatic nitrogens is 1. The smallest absolute Gasteiger partial charge is 0.239 e. The Balaban J connectivity index is 1.08. The maximum Gasteiger partial charge on any atom is 0.239 e. The van der Waals surface area contributed by atoms with E-state index in [1.165, 1.54) is 36.2 Å². The summed E-state index contributed by atoms with van der Waals surface area (Å²) in [5, 5.41) is 0.757. The van der Waals surface area contributed by atoms with Gasteiger partial charge in [0.2, 0.25) is 5.91 Å². The maximum absolute atomic E-state index is 14.3. The lowest BCUT2D eigenvalue weighted by Gasteiger charge is -2.39. The molecule has 3 aromatic rings. The number of hydrogen-bond acceptors (Lipinski definition) is 6. The monoisotopic (exact) mass is 579 g/mol. The number of piperazine rings is 1. The molecule has 1 aromatic heterocycles. The average molecular weight is 580 g/mol. The van der Waals surface area contributed by atoms with Gasteiger partial charge in [-0.2, -0.15) is 0 Å². The molecule has 7 nitrogen and oxygen atoms in total. The average Bonchev–Trinajstić information content (AvgIpc) is 3.01. The van der Waals surface area contributed by atoms with Crippen LogP contribution < -0.4 is 10.5 Å². The van der Waals surface area contributed by atoms with E-state index in [0.29, 0.717) is 44.0 Å². The number of pyridine rings is 1. The van der Waals surface area contributed by atoms with E-state index in [4.69, 9.17) is 22.1 Å². The highest BCUT2D eigenvalue weighted by Gasteiger charge is 2.33. The number of likely N-dealkylation sites (tertiary alicyclic amines) is 1. The Morgan fingerprint density at radius 2 is 1.78 bits per heavy atom. The van der Waals surface area contributed by atoms with Gasteiger partial charge >= 0.3 is 0 Å². The highest BCUT2D eigenvalue weighted by atomic mass is 35.5. The minimum Gasteiger partial charge on any atom is -0.495 e. The van der Waals surface area contributed by atoms with Crippen LogP contribution in [-0.2, 0) is 17.8 Å². The second-order valence-electron chi connectivity index (χ2n) is 11.0. The van der Waals surface area contributed by atoms with Gasteiger partial charge in [-0.1, -0.05) is 48.0 Å². The Bertz CT molecular complexity index is 1310. The van der Waals surface area contributed by atoms with Gasteiger partial charge in [0.05, 0.1) is 25.5 Å². The van der Waals surface area contributed by atoms with Crippen molar-refractivity contribution in [3.05, 3.63) is 82.9 Å². The molecule has 2 aromatic carbocycles. The van der Waals surface area contributed by atoms with Crippen LogP contribution in [0.2, 0.25) is 5.02 Å². The first-order valence-corrected chi connectivity index (χ1v) is 14.8. The molecule has 1 atom stereocenters. The summed E-state index contributed by atoms with van der Waals surface area (Å²) in [7, 11) is 1.52. The van der Waals surface area contributed by atoms with Gasteiger partial charge in [0.25, 0.3) is 0 Å². The van der Waals surface area contributed by atoms with Gasteiger partial charge in [0.1, 0.15) is 11.6 Å². The molecular formula is C32H39ClFN5O2. The lowest BCUT2D eigenvalue weighted by atomic mass is 9.88. The van der Waals surface area contributed by atoms with Crippen LogP contribution in [0, 0.1) is 11.7 Å². The summed E-state index contributed by atoms with van der Waals surface area (Å²) in [6, 6.07) is 16.1. The van der Waals surface area contributed by atoms with Crippen molar-refractivity contribution in [3.8, 4) is 16.9 Å². The molecule has 0 radical (unpaired) electrons. The van der Waals surface area contributed by atoms with Gasteiger partial charge in [-0.25, -0.2) is 4.39 Å². The number of carbonyl (C=O) groups excluding carboxylic acids is 1. The fraction of sp³-hybridized carbons (Fsp3) is 0.438. The van der Waals surface area contributed by atoms with Gasteiger partial charge < -0.3 is 20.3 Å². The molecule has 2 aliphatic rings. The van der Waals surface area contributed by atoms with Crippen LogP contribution in [-0.4, -0.2) is 84.6 Å². The number of hydrogen-bond donors (Lipinski definition) is 1. The van der Waals surface area contributed by atoms with Crippen molar-refractivity contribution in [2.45, 2.75) is 31.8 Å². The highest BCUT2D eigenvalue weighted by Crippen LogP contribution is 2.28. The summed E-state index contributed by atoms with van der Waals surface area (Å²) in [4.78, 5) is 23.6. The minimum atomic E-state index is -0.487. The Kier molecular flexibility index (Phi) is 9.88. The van der Waals surface area contributed by atoms with Crippen molar-refractivity contribution in [3.63, 3.8) is 0 Å².